The van der Waals surface area contributed by atoms with Gasteiger partial charge in [-0.3, -0.25) is 19.7 Å². The summed E-state index contributed by atoms with van der Waals surface area (Å²) >= 11 is 0. The fourth-order valence-electron chi connectivity index (χ4n) is 6.13. The first-order chi connectivity index (χ1) is 22.2. The van der Waals surface area contributed by atoms with E-state index in [1.165, 1.54) is 12.1 Å². The van der Waals surface area contributed by atoms with E-state index in [-0.39, 0.29) is 17.3 Å². The van der Waals surface area contributed by atoms with Gasteiger partial charge >= 0.3 is 0 Å². The summed E-state index contributed by atoms with van der Waals surface area (Å²) in [6.07, 6.45) is 1.21. The number of aliphatic hydroxyl groups excluding tert-OH is 1. The monoisotopic (exact) mass is 665 g/mol. The molecule has 1 saturated heterocycles. The average Bonchev–Trinajstić information content (AvgIpc) is 3.52. The number of nitrogens with zero attached hydrogens (tertiary/aromatic N) is 4. The van der Waals surface area contributed by atoms with Gasteiger partial charge in [0.05, 0.1) is 11.7 Å². The van der Waals surface area contributed by atoms with Gasteiger partial charge in [0, 0.05) is 39.0 Å². The van der Waals surface area contributed by atoms with Gasteiger partial charge < -0.3 is 25.5 Å². The Balaban J connectivity index is 1.54. The normalized spacial score (nSPS) is 21.9. The lowest BCUT2D eigenvalue weighted by atomic mass is 9.79. The van der Waals surface area contributed by atoms with E-state index in [0.29, 0.717) is 69.5 Å². The van der Waals surface area contributed by atoms with Crippen molar-refractivity contribution in [3.63, 3.8) is 0 Å². The largest absolute Gasteiger partial charge is 0.372 e. The van der Waals surface area contributed by atoms with E-state index in [1.807, 2.05) is 11.9 Å². The van der Waals surface area contributed by atoms with Crippen LogP contribution in [0.4, 0.5) is 18.9 Å². The number of hydrogen-bond donors (Lipinski definition) is 4. The molecule has 2 aliphatic rings. The number of likely N-dealkylation sites (N-methyl/N-ethyl adjacent to an activating group) is 1. The molecule has 4 atom stereocenters. The van der Waals surface area contributed by atoms with Crippen LogP contribution >= 0.6 is 0 Å². The second-order valence-corrected chi connectivity index (χ2v) is 13.0. The van der Waals surface area contributed by atoms with Crippen LogP contribution in [0.25, 0.3) is 0 Å². The van der Waals surface area contributed by atoms with E-state index < -0.39 is 53.7 Å². The molecule has 1 unspecified atom stereocenters. The van der Waals surface area contributed by atoms with E-state index >= 15 is 4.39 Å². The maximum Gasteiger partial charge on any atom is 0.283 e. The number of hydrogen-bond acceptors (Lipinski definition) is 9. The summed E-state index contributed by atoms with van der Waals surface area (Å²) in [6, 6.07) is 1.69. The molecule has 0 spiro atoms. The molecule has 1 aliphatic heterocycles. The van der Waals surface area contributed by atoms with Gasteiger partial charge in [-0.15, -0.1) is 0 Å². The van der Waals surface area contributed by atoms with Crippen molar-refractivity contribution >= 4 is 23.4 Å². The summed E-state index contributed by atoms with van der Waals surface area (Å²) in [5, 5.41) is 25.3. The summed E-state index contributed by atoms with van der Waals surface area (Å²) in [7, 11) is 1.91. The molecule has 47 heavy (non-hydrogen) atoms. The standard InChI is InChI=1S/C32H46F3N7O5/c1-6-23-27(40-47-39-23)29(44)37-26(20-9-7-18(2)8-10-20)28(43)36-24-12-11-21(17-22(24)33)19(3)25(38-31(46)32(4,34)35)30(45)42-15-13-41(5)14-16-42/h11-12,17-20,25-26,31,38,46H,6-10,13-16H2,1-5H3,(H,36,43)(H,37,44)/t18-,19-,20-,25+,26-,31?/m0/s1. The molecule has 0 radical (unpaired) electrons. The smallest absolute Gasteiger partial charge is 0.283 e. The Kier molecular flexibility index (Phi) is 12.0. The van der Waals surface area contributed by atoms with Crippen molar-refractivity contribution < 1.29 is 37.3 Å². The van der Waals surface area contributed by atoms with Gasteiger partial charge in [0.15, 0.2) is 11.9 Å². The molecule has 260 valence electrons. The number of benzene rings is 1. The number of carbonyl (C=O) groups is 3. The maximum atomic E-state index is 15.6. The molecule has 3 amide bonds. The van der Waals surface area contributed by atoms with Crippen LogP contribution in [-0.2, 0) is 16.0 Å². The summed E-state index contributed by atoms with van der Waals surface area (Å²) in [4.78, 5) is 43.8. The van der Waals surface area contributed by atoms with E-state index in [9.17, 15) is 28.3 Å². The third-order valence-electron chi connectivity index (χ3n) is 9.38. The number of nitrogens with one attached hydrogen (secondary N) is 3. The Labute approximate surface area is 272 Å². The molecular formula is C32H46F3N7O5. The lowest BCUT2D eigenvalue weighted by molar-refractivity contribution is -0.143. The molecule has 2 aromatic rings. The van der Waals surface area contributed by atoms with Crippen LogP contribution in [-0.4, -0.2) is 100 Å². The van der Waals surface area contributed by atoms with Gasteiger partial charge in [-0.2, -0.15) is 0 Å². The Morgan fingerprint density at radius 1 is 1.11 bits per heavy atom. The predicted octanol–water partition coefficient (Wildman–Crippen LogP) is 3.14. The topological polar surface area (TPSA) is 153 Å². The van der Waals surface area contributed by atoms with Gasteiger partial charge in [0.2, 0.25) is 11.8 Å². The van der Waals surface area contributed by atoms with Crippen molar-refractivity contribution in [1.29, 1.82) is 0 Å². The number of anilines is 1. The molecule has 1 saturated carbocycles. The molecule has 0 bridgehead atoms. The lowest BCUT2D eigenvalue weighted by Crippen LogP contribution is -2.58. The Morgan fingerprint density at radius 3 is 2.36 bits per heavy atom. The van der Waals surface area contributed by atoms with E-state index in [2.05, 4.69) is 33.2 Å². The average molecular weight is 666 g/mol. The van der Waals surface area contributed by atoms with E-state index in [1.54, 1.807) is 18.7 Å². The predicted molar refractivity (Wildman–Crippen MR) is 167 cm³/mol. The Hall–Kier alpha value is -3.56. The summed E-state index contributed by atoms with van der Waals surface area (Å²) in [6.45, 7) is 7.99. The van der Waals surface area contributed by atoms with Crippen molar-refractivity contribution in [2.45, 2.75) is 90.0 Å². The van der Waals surface area contributed by atoms with Crippen molar-refractivity contribution in [3.8, 4) is 0 Å². The number of halogens is 3. The van der Waals surface area contributed by atoms with Crippen LogP contribution < -0.4 is 16.0 Å². The van der Waals surface area contributed by atoms with Crippen LogP contribution in [0.1, 0.15) is 81.0 Å². The van der Waals surface area contributed by atoms with Crippen molar-refractivity contribution in [2.24, 2.45) is 11.8 Å². The van der Waals surface area contributed by atoms with Crippen molar-refractivity contribution in [2.75, 3.05) is 38.5 Å². The maximum absolute atomic E-state index is 15.6. The van der Waals surface area contributed by atoms with Gasteiger partial charge in [0.25, 0.3) is 11.8 Å². The minimum absolute atomic E-state index is 0.0146. The zero-order valence-corrected chi connectivity index (χ0v) is 27.6. The van der Waals surface area contributed by atoms with Gasteiger partial charge in [-0.25, -0.2) is 17.8 Å². The fourth-order valence-corrected chi connectivity index (χ4v) is 6.13. The third kappa shape index (κ3) is 9.08. The molecule has 1 aromatic carbocycles. The number of aromatic nitrogens is 2. The minimum atomic E-state index is -3.54. The van der Waals surface area contributed by atoms with E-state index in [0.717, 1.165) is 18.9 Å². The third-order valence-corrected chi connectivity index (χ3v) is 9.38. The van der Waals surface area contributed by atoms with Crippen molar-refractivity contribution in [1.82, 2.24) is 30.7 Å². The van der Waals surface area contributed by atoms with Crippen LogP contribution in [0.5, 0.6) is 0 Å². The molecular weight excluding hydrogens is 619 g/mol. The molecule has 2 heterocycles. The quantitative estimate of drug-likeness (QED) is 0.251. The molecule has 4 rings (SSSR count). The molecule has 15 heteroatoms. The number of aryl methyl sites for hydroxylation is 1. The summed E-state index contributed by atoms with van der Waals surface area (Å²) in [5.74, 6) is -6.61. The Morgan fingerprint density at radius 2 is 1.77 bits per heavy atom. The number of aliphatic hydroxyl groups is 1. The zero-order valence-electron chi connectivity index (χ0n) is 27.6. The first kappa shape index (κ1) is 36.3. The lowest BCUT2D eigenvalue weighted by Gasteiger charge is -2.37. The van der Waals surface area contributed by atoms with Gasteiger partial charge in [0.1, 0.15) is 17.6 Å². The summed E-state index contributed by atoms with van der Waals surface area (Å²) < 4.78 is 48.3. The number of piperazine rings is 1. The van der Waals surface area contributed by atoms with Gasteiger partial charge in [-0.1, -0.05) is 44.8 Å². The number of rotatable bonds is 12. The number of alkyl halides is 2. The molecule has 1 aliphatic carbocycles. The SMILES string of the molecule is CCc1nonc1C(=O)N[C@H](C(=O)Nc1ccc([C@H](C)[C@@H](NC(O)C(C)(F)F)C(=O)N2CCN(C)CC2)cc1F)[C@H]1CC[C@H](C)CC1. The highest BCUT2D eigenvalue weighted by Gasteiger charge is 2.40. The highest BCUT2D eigenvalue weighted by atomic mass is 19.3. The van der Waals surface area contributed by atoms with Crippen LogP contribution in [0, 0.1) is 17.7 Å². The number of carbonyl (C=O) groups excluding carboxylic acids is 3. The number of amides is 3. The molecule has 12 nitrogen and oxygen atoms in total. The first-order valence-corrected chi connectivity index (χ1v) is 16.2. The molecule has 2 fully saturated rings. The summed E-state index contributed by atoms with van der Waals surface area (Å²) in [5.41, 5.74) is 0.480. The second-order valence-electron chi connectivity index (χ2n) is 13.0. The highest BCUT2D eigenvalue weighted by Crippen LogP contribution is 2.32. The molecule has 4 N–H and O–H groups in total. The van der Waals surface area contributed by atoms with Gasteiger partial charge in [-0.05, 0) is 61.0 Å². The highest BCUT2D eigenvalue weighted by molar-refractivity contribution is 6.01. The fraction of sp³-hybridized carbons (Fsp3) is 0.656. The first-order valence-electron chi connectivity index (χ1n) is 16.2. The van der Waals surface area contributed by atoms with Crippen LogP contribution in [0.2, 0.25) is 0 Å². The minimum Gasteiger partial charge on any atom is -0.372 e. The van der Waals surface area contributed by atoms with Crippen LogP contribution in [0.15, 0.2) is 22.8 Å². The van der Waals surface area contributed by atoms with Crippen LogP contribution in [0.3, 0.4) is 0 Å². The molecule has 1 aromatic heterocycles. The van der Waals surface area contributed by atoms with E-state index in [4.69, 9.17) is 4.63 Å². The van der Waals surface area contributed by atoms with Crippen molar-refractivity contribution in [3.05, 3.63) is 41.0 Å². The Bertz CT molecular complexity index is 1390. The zero-order chi connectivity index (χ0) is 34.5. The second kappa shape index (κ2) is 15.6.